The summed E-state index contributed by atoms with van der Waals surface area (Å²) < 4.78 is 7.39. The van der Waals surface area contributed by atoms with Gasteiger partial charge < -0.3 is 9.84 Å². The van der Waals surface area contributed by atoms with E-state index in [0.29, 0.717) is 29.7 Å². The molecule has 0 aliphatic heterocycles. The van der Waals surface area contributed by atoms with Gasteiger partial charge in [0, 0.05) is 43.0 Å². The van der Waals surface area contributed by atoms with Crippen LogP contribution in [0, 0.1) is 5.92 Å². The highest BCUT2D eigenvalue weighted by Gasteiger charge is 2.34. The van der Waals surface area contributed by atoms with Crippen molar-refractivity contribution in [3.8, 4) is 0 Å². The molecule has 3 aromatic rings. The number of hydrogen-bond acceptors (Lipinski definition) is 5. The predicted molar refractivity (Wildman–Crippen MR) is 99.5 cm³/mol. The molecule has 0 saturated heterocycles. The van der Waals surface area contributed by atoms with Crippen molar-refractivity contribution in [3.63, 3.8) is 0 Å². The highest BCUT2D eigenvalue weighted by molar-refractivity contribution is 6.06. The molecule has 2 aliphatic carbocycles. The molecule has 1 unspecified atom stereocenters. The standard InChI is InChI=1S/C20H23N5O2/c1-12(11-25-8-2-7-22-25)10-21-19(26)15-9-16(13-3-4-13)23-20-17(15)18(24-27-20)14-5-6-14/h2,7-9,12-14H,3-6,10-11H2,1H3,(H,21,26). The zero-order chi connectivity index (χ0) is 18.4. The summed E-state index contributed by atoms with van der Waals surface area (Å²) in [5, 5.41) is 12.4. The minimum atomic E-state index is -0.0679. The van der Waals surface area contributed by atoms with Crippen LogP contribution < -0.4 is 5.32 Å². The molecule has 3 heterocycles. The third-order valence-corrected chi connectivity index (χ3v) is 5.37. The second-order valence-corrected chi connectivity index (χ2v) is 7.93. The van der Waals surface area contributed by atoms with Crippen molar-refractivity contribution < 1.29 is 9.32 Å². The van der Waals surface area contributed by atoms with E-state index in [1.54, 1.807) is 6.20 Å². The second-order valence-electron chi connectivity index (χ2n) is 7.93. The largest absolute Gasteiger partial charge is 0.352 e. The fourth-order valence-electron chi connectivity index (χ4n) is 3.55. The summed E-state index contributed by atoms with van der Waals surface area (Å²) in [6.07, 6.45) is 8.17. The molecule has 2 saturated carbocycles. The molecule has 7 heteroatoms. The Labute approximate surface area is 157 Å². The Morgan fingerprint density at radius 3 is 2.85 bits per heavy atom. The molecule has 2 aliphatic rings. The van der Waals surface area contributed by atoms with E-state index in [-0.39, 0.29) is 11.8 Å². The normalized spacial score (nSPS) is 18.0. The minimum absolute atomic E-state index is 0.0679. The summed E-state index contributed by atoms with van der Waals surface area (Å²) in [4.78, 5) is 17.7. The lowest BCUT2D eigenvalue weighted by atomic mass is 10.0. The number of amides is 1. The summed E-state index contributed by atoms with van der Waals surface area (Å²) in [6.45, 7) is 3.47. The van der Waals surface area contributed by atoms with Gasteiger partial charge in [-0.15, -0.1) is 0 Å². The van der Waals surface area contributed by atoms with Crippen LogP contribution in [-0.4, -0.2) is 32.4 Å². The van der Waals surface area contributed by atoms with Crippen molar-refractivity contribution in [3.05, 3.63) is 41.5 Å². The molecule has 5 rings (SSSR count). The summed E-state index contributed by atoms with van der Waals surface area (Å²) >= 11 is 0. The summed E-state index contributed by atoms with van der Waals surface area (Å²) in [6, 6.07) is 3.86. The lowest BCUT2D eigenvalue weighted by Gasteiger charge is -2.13. The number of hydrogen-bond donors (Lipinski definition) is 1. The second kappa shape index (κ2) is 6.48. The van der Waals surface area contributed by atoms with E-state index in [9.17, 15) is 4.79 Å². The van der Waals surface area contributed by atoms with Crippen molar-refractivity contribution in [1.29, 1.82) is 0 Å². The van der Waals surface area contributed by atoms with Gasteiger partial charge in [-0.25, -0.2) is 4.98 Å². The van der Waals surface area contributed by atoms with Gasteiger partial charge in [-0.05, 0) is 43.7 Å². The molecule has 7 nitrogen and oxygen atoms in total. The average molecular weight is 365 g/mol. The zero-order valence-electron chi connectivity index (χ0n) is 15.4. The smallest absolute Gasteiger partial charge is 0.259 e. The van der Waals surface area contributed by atoms with Gasteiger partial charge >= 0.3 is 0 Å². The molecular formula is C20H23N5O2. The van der Waals surface area contributed by atoms with E-state index in [0.717, 1.165) is 49.0 Å². The van der Waals surface area contributed by atoms with E-state index in [1.807, 2.05) is 23.0 Å². The Balaban J connectivity index is 1.38. The summed E-state index contributed by atoms with van der Waals surface area (Å²) in [5.41, 5.74) is 3.03. The number of carbonyl (C=O) groups is 1. The number of pyridine rings is 1. The molecule has 0 bridgehead atoms. The monoisotopic (exact) mass is 365 g/mol. The molecule has 0 spiro atoms. The Morgan fingerprint density at radius 1 is 1.33 bits per heavy atom. The molecule has 140 valence electrons. The van der Waals surface area contributed by atoms with E-state index in [1.165, 1.54) is 0 Å². The molecule has 1 atom stereocenters. The van der Waals surface area contributed by atoms with Gasteiger partial charge in [-0.1, -0.05) is 12.1 Å². The van der Waals surface area contributed by atoms with Gasteiger partial charge in [-0.2, -0.15) is 5.10 Å². The molecule has 0 radical (unpaired) electrons. The van der Waals surface area contributed by atoms with Crippen LogP contribution in [0.3, 0.4) is 0 Å². The number of nitrogens with zero attached hydrogens (tertiary/aromatic N) is 4. The number of carbonyl (C=O) groups excluding carboxylic acids is 1. The lowest BCUT2D eigenvalue weighted by Crippen LogP contribution is -2.30. The van der Waals surface area contributed by atoms with E-state index >= 15 is 0 Å². The van der Waals surface area contributed by atoms with Gasteiger partial charge in [0.05, 0.1) is 16.6 Å². The van der Waals surface area contributed by atoms with Crippen LogP contribution in [0.5, 0.6) is 0 Å². The SMILES string of the molecule is CC(CNC(=O)c1cc(C2CC2)nc2onc(C3CC3)c12)Cn1cccn1. The van der Waals surface area contributed by atoms with Gasteiger partial charge in [-0.3, -0.25) is 9.48 Å². The quantitative estimate of drug-likeness (QED) is 0.695. The third-order valence-electron chi connectivity index (χ3n) is 5.37. The molecule has 1 N–H and O–H groups in total. The molecule has 2 fully saturated rings. The summed E-state index contributed by atoms with van der Waals surface area (Å²) in [7, 11) is 0. The maximum absolute atomic E-state index is 13.0. The van der Waals surface area contributed by atoms with Gasteiger partial charge in [0.25, 0.3) is 11.6 Å². The van der Waals surface area contributed by atoms with Crippen LogP contribution in [0.1, 0.15) is 66.2 Å². The first-order chi connectivity index (χ1) is 13.2. The van der Waals surface area contributed by atoms with E-state index in [2.05, 4.69) is 27.5 Å². The molecule has 0 aromatic carbocycles. The average Bonchev–Trinajstić information content (AvgIpc) is 3.60. The fraction of sp³-hybridized carbons (Fsp3) is 0.500. The number of nitrogens with one attached hydrogen (secondary N) is 1. The minimum Gasteiger partial charge on any atom is -0.352 e. The number of fused-ring (bicyclic) bond motifs is 1. The maximum Gasteiger partial charge on any atom is 0.259 e. The topological polar surface area (TPSA) is 85.8 Å². The van der Waals surface area contributed by atoms with Crippen LogP contribution >= 0.6 is 0 Å². The third kappa shape index (κ3) is 3.34. The zero-order valence-corrected chi connectivity index (χ0v) is 15.4. The highest BCUT2D eigenvalue weighted by Crippen LogP contribution is 2.45. The Morgan fingerprint density at radius 2 is 2.15 bits per heavy atom. The first kappa shape index (κ1) is 16.5. The van der Waals surface area contributed by atoms with Crippen LogP contribution in [-0.2, 0) is 6.54 Å². The van der Waals surface area contributed by atoms with Crippen LogP contribution in [0.4, 0.5) is 0 Å². The van der Waals surface area contributed by atoms with E-state index < -0.39 is 0 Å². The molecular weight excluding hydrogens is 342 g/mol. The van der Waals surface area contributed by atoms with E-state index in [4.69, 9.17) is 4.52 Å². The van der Waals surface area contributed by atoms with Crippen molar-refractivity contribution in [2.24, 2.45) is 5.92 Å². The molecule has 27 heavy (non-hydrogen) atoms. The predicted octanol–water partition coefficient (Wildman–Crippen LogP) is 3.24. The van der Waals surface area contributed by atoms with Gasteiger partial charge in [0.1, 0.15) is 0 Å². The first-order valence-electron chi connectivity index (χ1n) is 9.75. The first-order valence-corrected chi connectivity index (χ1v) is 9.75. The fourth-order valence-corrected chi connectivity index (χ4v) is 3.55. The van der Waals surface area contributed by atoms with Crippen molar-refractivity contribution in [1.82, 2.24) is 25.2 Å². The van der Waals surface area contributed by atoms with Crippen LogP contribution in [0.2, 0.25) is 0 Å². The van der Waals surface area contributed by atoms with Crippen molar-refractivity contribution in [2.75, 3.05) is 6.54 Å². The van der Waals surface area contributed by atoms with Gasteiger partial charge in [0.15, 0.2) is 0 Å². The Kier molecular flexibility index (Phi) is 3.95. The lowest BCUT2D eigenvalue weighted by molar-refractivity contribution is 0.0948. The Hall–Kier alpha value is -2.70. The van der Waals surface area contributed by atoms with Crippen LogP contribution in [0.15, 0.2) is 29.0 Å². The van der Waals surface area contributed by atoms with Crippen molar-refractivity contribution >= 4 is 17.0 Å². The Bertz CT molecular complexity index is 970. The molecule has 1 amide bonds. The van der Waals surface area contributed by atoms with Crippen molar-refractivity contribution in [2.45, 2.75) is 51.0 Å². The number of rotatable bonds is 7. The van der Waals surface area contributed by atoms with Crippen LogP contribution in [0.25, 0.3) is 11.1 Å². The maximum atomic E-state index is 13.0. The molecule has 3 aromatic heterocycles. The number of aromatic nitrogens is 4. The van der Waals surface area contributed by atoms with Gasteiger partial charge in [0.2, 0.25) is 0 Å². The highest BCUT2D eigenvalue weighted by atomic mass is 16.5. The summed E-state index contributed by atoms with van der Waals surface area (Å²) in [5.74, 6) is 1.07.